The third-order valence-corrected chi connectivity index (χ3v) is 1.28. The Bertz CT molecular complexity index is 70.6. The molecule has 1 heterocycles. The Morgan fingerprint density at radius 2 is 2.44 bits per heavy atom. The van der Waals surface area contributed by atoms with Crippen LogP contribution in [0.3, 0.4) is 0 Å². The maximum atomic E-state index is 8.33. The van der Waals surface area contributed by atoms with E-state index in [0.29, 0.717) is 0 Å². The first kappa shape index (κ1) is 6.95. The molecule has 1 aliphatic rings. The average Bonchev–Trinajstić information content (AvgIpc) is 1.91. The molecule has 0 bridgehead atoms. The molecule has 1 rings (SSSR count). The molecule has 0 spiro atoms. The molecule has 0 aromatic carbocycles. The third-order valence-electron chi connectivity index (χ3n) is 1.28. The summed E-state index contributed by atoms with van der Waals surface area (Å²) >= 11 is 0. The summed E-state index contributed by atoms with van der Waals surface area (Å²) in [6, 6.07) is 0. The Balaban J connectivity index is 2.08. The summed E-state index contributed by atoms with van der Waals surface area (Å²) in [7, 11) is 0. The molecular weight excluding hydrogens is 120 g/mol. The zero-order valence-corrected chi connectivity index (χ0v) is 5.26. The zero-order chi connectivity index (χ0) is 6.53. The molecule has 0 saturated carbocycles. The quantitative estimate of drug-likeness (QED) is 0.399. The Morgan fingerprint density at radius 1 is 1.56 bits per heavy atom. The lowest BCUT2D eigenvalue weighted by Crippen LogP contribution is -2.49. The second-order valence-corrected chi connectivity index (χ2v) is 1.94. The third kappa shape index (κ3) is 2.28. The van der Waals surface area contributed by atoms with Crippen LogP contribution in [0.1, 0.15) is 0 Å². The SMILES string of the molecule is OCOC1CNCCN1. The van der Waals surface area contributed by atoms with Gasteiger partial charge in [0.15, 0.2) is 0 Å². The van der Waals surface area contributed by atoms with Gasteiger partial charge in [-0.15, -0.1) is 0 Å². The topological polar surface area (TPSA) is 53.5 Å². The Hall–Kier alpha value is -0.160. The molecule has 0 radical (unpaired) electrons. The molecule has 1 atom stereocenters. The van der Waals surface area contributed by atoms with Crippen molar-refractivity contribution in [1.82, 2.24) is 10.6 Å². The first-order valence-electron chi connectivity index (χ1n) is 3.10. The van der Waals surface area contributed by atoms with Crippen molar-refractivity contribution in [3.63, 3.8) is 0 Å². The Kier molecular flexibility index (Phi) is 2.93. The number of rotatable bonds is 2. The minimum absolute atomic E-state index is 0.0104. The molecule has 1 fully saturated rings. The average molecular weight is 132 g/mol. The van der Waals surface area contributed by atoms with Crippen molar-refractivity contribution in [3.05, 3.63) is 0 Å². The molecule has 4 nitrogen and oxygen atoms in total. The van der Waals surface area contributed by atoms with Gasteiger partial charge in [-0.2, -0.15) is 0 Å². The van der Waals surface area contributed by atoms with Gasteiger partial charge in [-0.25, -0.2) is 0 Å². The largest absolute Gasteiger partial charge is 0.371 e. The van der Waals surface area contributed by atoms with Gasteiger partial charge >= 0.3 is 0 Å². The molecule has 0 aliphatic carbocycles. The second kappa shape index (κ2) is 3.79. The molecule has 54 valence electrons. The summed E-state index contributed by atoms with van der Waals surface area (Å²) in [5.41, 5.74) is 0. The van der Waals surface area contributed by atoms with Crippen LogP contribution >= 0.6 is 0 Å². The number of hydrogen-bond acceptors (Lipinski definition) is 4. The van der Waals surface area contributed by atoms with Gasteiger partial charge in [-0.05, 0) is 0 Å². The maximum Gasteiger partial charge on any atom is 0.145 e. The number of nitrogens with one attached hydrogen (secondary N) is 2. The minimum atomic E-state index is -0.209. The molecule has 4 heteroatoms. The molecule has 9 heavy (non-hydrogen) atoms. The van der Waals surface area contributed by atoms with Crippen LogP contribution in [0.15, 0.2) is 0 Å². The van der Waals surface area contributed by atoms with E-state index in [-0.39, 0.29) is 13.0 Å². The van der Waals surface area contributed by atoms with Crippen LogP contribution in [0.25, 0.3) is 0 Å². The van der Waals surface area contributed by atoms with E-state index in [2.05, 4.69) is 10.6 Å². The first-order chi connectivity index (χ1) is 4.43. The number of ether oxygens (including phenoxy) is 1. The van der Waals surface area contributed by atoms with Crippen LogP contribution < -0.4 is 10.6 Å². The predicted molar refractivity (Wildman–Crippen MR) is 32.8 cm³/mol. The van der Waals surface area contributed by atoms with Gasteiger partial charge < -0.3 is 15.2 Å². The van der Waals surface area contributed by atoms with Gasteiger partial charge in [0.05, 0.1) is 0 Å². The van der Waals surface area contributed by atoms with Crippen LogP contribution in [0.5, 0.6) is 0 Å². The predicted octanol–water partition coefficient (Wildman–Crippen LogP) is -1.53. The van der Waals surface area contributed by atoms with E-state index in [0.717, 1.165) is 19.6 Å². The van der Waals surface area contributed by atoms with E-state index in [9.17, 15) is 0 Å². The molecule has 1 aliphatic heterocycles. The molecule has 1 saturated heterocycles. The van der Waals surface area contributed by atoms with Gasteiger partial charge in [-0.3, -0.25) is 5.32 Å². The lowest BCUT2D eigenvalue weighted by atomic mass is 10.4. The van der Waals surface area contributed by atoms with Gasteiger partial charge in [0, 0.05) is 19.6 Å². The molecule has 0 aromatic rings. The molecule has 0 aromatic heterocycles. The minimum Gasteiger partial charge on any atom is -0.371 e. The molecule has 1 unspecified atom stereocenters. The fourth-order valence-electron chi connectivity index (χ4n) is 0.835. The van der Waals surface area contributed by atoms with Crippen molar-refractivity contribution in [3.8, 4) is 0 Å². The molecule has 0 amide bonds. The number of aliphatic hydroxyl groups is 1. The van der Waals surface area contributed by atoms with E-state index >= 15 is 0 Å². The van der Waals surface area contributed by atoms with Gasteiger partial charge in [0.25, 0.3) is 0 Å². The lowest BCUT2D eigenvalue weighted by molar-refractivity contribution is -0.0668. The van der Waals surface area contributed by atoms with E-state index in [1.54, 1.807) is 0 Å². The monoisotopic (exact) mass is 132 g/mol. The van der Waals surface area contributed by atoms with Gasteiger partial charge in [0.1, 0.15) is 13.0 Å². The van der Waals surface area contributed by atoms with Crippen molar-refractivity contribution in [2.75, 3.05) is 26.4 Å². The summed E-state index contributed by atoms with van der Waals surface area (Å²) in [6.07, 6.45) is -0.0104. The fraction of sp³-hybridized carbons (Fsp3) is 1.00. The summed E-state index contributed by atoms with van der Waals surface area (Å²) in [5, 5.41) is 14.5. The highest BCUT2D eigenvalue weighted by Gasteiger charge is 2.10. The molecule has 3 N–H and O–H groups in total. The summed E-state index contributed by atoms with van der Waals surface area (Å²) < 4.78 is 4.86. The Labute approximate surface area is 54.2 Å². The number of piperazine rings is 1. The van der Waals surface area contributed by atoms with Crippen molar-refractivity contribution in [2.24, 2.45) is 0 Å². The first-order valence-corrected chi connectivity index (χ1v) is 3.10. The van der Waals surface area contributed by atoms with Crippen LogP contribution in [0, 0.1) is 0 Å². The fourth-order valence-corrected chi connectivity index (χ4v) is 0.835. The Morgan fingerprint density at radius 3 is 3.00 bits per heavy atom. The summed E-state index contributed by atoms with van der Waals surface area (Å²) in [4.78, 5) is 0. The second-order valence-electron chi connectivity index (χ2n) is 1.94. The van der Waals surface area contributed by atoms with Crippen molar-refractivity contribution < 1.29 is 9.84 Å². The number of hydrogen-bond donors (Lipinski definition) is 3. The summed E-state index contributed by atoms with van der Waals surface area (Å²) in [5.74, 6) is 0. The smallest absolute Gasteiger partial charge is 0.145 e. The van der Waals surface area contributed by atoms with Crippen LogP contribution in [0.2, 0.25) is 0 Å². The van der Waals surface area contributed by atoms with Crippen molar-refractivity contribution in [1.29, 1.82) is 0 Å². The van der Waals surface area contributed by atoms with E-state index in [4.69, 9.17) is 9.84 Å². The van der Waals surface area contributed by atoms with Gasteiger partial charge in [0.2, 0.25) is 0 Å². The van der Waals surface area contributed by atoms with E-state index < -0.39 is 0 Å². The van der Waals surface area contributed by atoms with Gasteiger partial charge in [-0.1, -0.05) is 0 Å². The number of aliphatic hydroxyl groups excluding tert-OH is 1. The van der Waals surface area contributed by atoms with Crippen LogP contribution in [-0.2, 0) is 4.74 Å². The van der Waals surface area contributed by atoms with Crippen LogP contribution in [0.4, 0.5) is 0 Å². The van der Waals surface area contributed by atoms with Crippen molar-refractivity contribution in [2.45, 2.75) is 6.23 Å². The highest BCUT2D eigenvalue weighted by molar-refractivity contribution is 4.66. The van der Waals surface area contributed by atoms with E-state index in [1.165, 1.54) is 0 Å². The normalized spacial score (nSPS) is 28.3. The van der Waals surface area contributed by atoms with Crippen LogP contribution in [-0.4, -0.2) is 37.8 Å². The highest BCUT2D eigenvalue weighted by atomic mass is 16.6. The summed E-state index contributed by atoms with van der Waals surface area (Å²) in [6.45, 7) is 2.45. The van der Waals surface area contributed by atoms with Crippen molar-refractivity contribution >= 4 is 0 Å². The van der Waals surface area contributed by atoms with E-state index in [1.807, 2.05) is 0 Å². The lowest BCUT2D eigenvalue weighted by Gasteiger charge is -2.23. The highest BCUT2D eigenvalue weighted by Crippen LogP contribution is 1.86. The zero-order valence-electron chi connectivity index (χ0n) is 5.26. The standard InChI is InChI=1S/C5H12N2O2/c8-4-9-5-3-6-1-2-7-5/h5-8H,1-4H2. The maximum absolute atomic E-state index is 8.33. The molecular formula is C5H12N2O2.